The molecule has 0 spiro atoms. The minimum Gasteiger partial charge on any atom is -0.369 e. The third kappa shape index (κ3) is 8.12. The minimum atomic E-state index is -0.594. The topological polar surface area (TPSA) is 80.5 Å². The average molecular weight is 465 g/mol. The van der Waals surface area contributed by atoms with Gasteiger partial charge in [-0.1, -0.05) is 60.7 Å². The molecule has 0 fully saturated rings. The Morgan fingerprint density at radius 1 is 0.706 bits per heavy atom. The lowest BCUT2D eigenvalue weighted by Gasteiger charge is -2.47. The minimum absolute atomic E-state index is 0.0355. The van der Waals surface area contributed by atoms with E-state index < -0.39 is 28.8 Å². The predicted molar refractivity (Wildman–Crippen MR) is 137 cm³/mol. The highest BCUT2D eigenvalue weighted by Gasteiger charge is 2.39. The molecular weight excluding hydrogens is 424 g/mol. The van der Waals surface area contributed by atoms with E-state index in [4.69, 9.17) is 5.73 Å². The highest BCUT2D eigenvalue weighted by molar-refractivity contribution is 5.90. The fraction of sp³-hybridized carbons (Fsp3) is 0.483. The summed E-state index contributed by atoms with van der Waals surface area (Å²) in [4.78, 5) is 41.1. The van der Waals surface area contributed by atoms with E-state index in [9.17, 15) is 14.4 Å². The molecule has 0 radical (unpaired) electrons. The number of primary amides is 1. The van der Waals surface area contributed by atoms with E-state index in [1.807, 2.05) is 107 Å². The van der Waals surface area contributed by atoms with Crippen LogP contribution in [0, 0.1) is 11.8 Å². The van der Waals surface area contributed by atoms with Gasteiger partial charge in [0.15, 0.2) is 0 Å². The van der Waals surface area contributed by atoms with Crippen molar-refractivity contribution in [2.75, 3.05) is 0 Å². The van der Waals surface area contributed by atoms with Crippen LogP contribution < -0.4 is 5.73 Å². The molecular formula is C29H40N2O3. The molecule has 184 valence electrons. The molecule has 0 heterocycles. The van der Waals surface area contributed by atoms with Gasteiger partial charge in [-0.2, -0.15) is 0 Å². The summed E-state index contributed by atoms with van der Waals surface area (Å²) >= 11 is 0. The Morgan fingerprint density at radius 2 is 1.09 bits per heavy atom. The molecule has 2 N–H and O–H groups in total. The molecule has 2 aromatic carbocycles. The summed E-state index contributed by atoms with van der Waals surface area (Å²) in [6.07, 6.45) is 0.992. The van der Waals surface area contributed by atoms with Crippen molar-refractivity contribution in [2.45, 2.75) is 78.3 Å². The third-order valence-electron chi connectivity index (χ3n) is 5.91. The molecule has 2 atom stereocenters. The molecule has 0 aliphatic rings. The molecule has 5 heteroatoms. The van der Waals surface area contributed by atoms with Crippen molar-refractivity contribution in [3.63, 3.8) is 0 Å². The van der Waals surface area contributed by atoms with Crippen molar-refractivity contribution >= 4 is 17.6 Å². The maximum Gasteiger partial charge on any atom is 0.227 e. The molecule has 0 aliphatic carbocycles. The first-order valence-electron chi connectivity index (χ1n) is 12.0. The fourth-order valence-corrected chi connectivity index (χ4v) is 4.80. The van der Waals surface area contributed by atoms with E-state index in [1.54, 1.807) is 0 Å². The molecule has 0 aliphatic heterocycles. The number of benzene rings is 2. The number of nitrogens with two attached hydrogens (primary N) is 1. The van der Waals surface area contributed by atoms with Gasteiger partial charge < -0.3 is 10.6 Å². The molecule has 0 aromatic heterocycles. The standard InChI is InChI=1S/C29H40N2O3/c1-28(2,3)31(29(4,5)6)27(34)24(18-22-15-11-8-12-16-22)20-25(32)19-23(26(30)33)17-21-13-9-7-10-14-21/h7-16,23-24H,17-20H2,1-6H3,(H2,30,33). The zero-order valence-electron chi connectivity index (χ0n) is 21.5. The van der Waals surface area contributed by atoms with Gasteiger partial charge in [0.25, 0.3) is 0 Å². The van der Waals surface area contributed by atoms with E-state index in [0.29, 0.717) is 12.8 Å². The van der Waals surface area contributed by atoms with Crippen LogP contribution in [-0.4, -0.2) is 33.6 Å². The summed E-state index contributed by atoms with van der Waals surface area (Å²) in [5.74, 6) is -1.76. The molecule has 2 amide bonds. The number of carbonyl (C=O) groups is 3. The van der Waals surface area contributed by atoms with Crippen LogP contribution in [-0.2, 0) is 27.2 Å². The van der Waals surface area contributed by atoms with Crippen molar-refractivity contribution in [2.24, 2.45) is 17.6 Å². The maximum absolute atomic E-state index is 13.9. The number of nitrogens with zero attached hydrogens (tertiary/aromatic N) is 1. The molecule has 2 aromatic rings. The number of amides is 2. The first-order valence-corrected chi connectivity index (χ1v) is 12.0. The zero-order chi connectivity index (χ0) is 25.5. The summed E-state index contributed by atoms with van der Waals surface area (Å²) in [6.45, 7) is 12.1. The maximum atomic E-state index is 13.9. The Morgan fingerprint density at radius 3 is 1.47 bits per heavy atom. The quantitative estimate of drug-likeness (QED) is 0.539. The Balaban J connectivity index is 2.27. The van der Waals surface area contributed by atoms with E-state index in [-0.39, 0.29) is 24.5 Å². The number of rotatable bonds is 10. The van der Waals surface area contributed by atoms with Crippen LogP contribution in [0.4, 0.5) is 0 Å². The molecule has 2 unspecified atom stereocenters. The molecule has 0 saturated carbocycles. The average Bonchev–Trinajstić information content (AvgIpc) is 2.72. The Hall–Kier alpha value is -2.95. The molecule has 34 heavy (non-hydrogen) atoms. The fourth-order valence-electron chi connectivity index (χ4n) is 4.80. The lowest BCUT2D eigenvalue weighted by molar-refractivity contribution is -0.149. The monoisotopic (exact) mass is 464 g/mol. The van der Waals surface area contributed by atoms with Gasteiger partial charge in [0.1, 0.15) is 5.78 Å². The summed E-state index contributed by atoms with van der Waals surface area (Å²) in [5.41, 5.74) is 6.80. The van der Waals surface area contributed by atoms with Crippen LogP contribution in [0.1, 0.15) is 65.5 Å². The van der Waals surface area contributed by atoms with Crippen LogP contribution in [0.3, 0.4) is 0 Å². The van der Waals surface area contributed by atoms with Gasteiger partial charge in [-0.05, 0) is 65.5 Å². The molecule has 0 bridgehead atoms. The second-order valence-corrected chi connectivity index (χ2v) is 11.1. The summed E-state index contributed by atoms with van der Waals surface area (Å²) in [7, 11) is 0. The van der Waals surface area contributed by atoms with E-state index in [1.165, 1.54) is 0 Å². The van der Waals surface area contributed by atoms with Gasteiger partial charge >= 0.3 is 0 Å². The van der Waals surface area contributed by atoms with Gasteiger partial charge in [0.2, 0.25) is 11.8 Å². The van der Waals surface area contributed by atoms with Gasteiger partial charge in [-0.15, -0.1) is 0 Å². The predicted octanol–water partition coefficient (Wildman–Crippen LogP) is 4.96. The van der Waals surface area contributed by atoms with E-state index >= 15 is 0 Å². The van der Waals surface area contributed by atoms with Gasteiger partial charge in [0.05, 0.1) is 0 Å². The number of hydrogen-bond acceptors (Lipinski definition) is 3. The van der Waals surface area contributed by atoms with Crippen molar-refractivity contribution in [3.8, 4) is 0 Å². The summed E-state index contributed by atoms with van der Waals surface area (Å²) in [5, 5.41) is 0. The van der Waals surface area contributed by atoms with E-state index in [2.05, 4.69) is 0 Å². The highest BCUT2D eigenvalue weighted by atomic mass is 16.2. The number of Topliss-reactive ketones (excluding diaryl/α,β-unsaturated/α-hetero) is 1. The second-order valence-electron chi connectivity index (χ2n) is 11.1. The zero-order valence-corrected chi connectivity index (χ0v) is 21.5. The normalized spacial score (nSPS) is 13.7. The lowest BCUT2D eigenvalue weighted by atomic mass is 9.85. The van der Waals surface area contributed by atoms with Crippen molar-refractivity contribution < 1.29 is 14.4 Å². The largest absolute Gasteiger partial charge is 0.369 e. The van der Waals surface area contributed by atoms with Gasteiger partial charge in [-0.3, -0.25) is 14.4 Å². The van der Waals surface area contributed by atoms with Crippen LogP contribution in [0.5, 0.6) is 0 Å². The number of ketones is 1. The first kappa shape index (κ1) is 27.3. The first-order chi connectivity index (χ1) is 15.8. The lowest BCUT2D eigenvalue weighted by Crippen LogP contribution is -2.57. The Labute approximate surface area is 204 Å². The van der Waals surface area contributed by atoms with E-state index in [0.717, 1.165) is 11.1 Å². The summed E-state index contributed by atoms with van der Waals surface area (Å²) in [6, 6.07) is 19.3. The van der Waals surface area contributed by atoms with Crippen molar-refractivity contribution in [1.29, 1.82) is 0 Å². The SMILES string of the molecule is CC(C)(C)N(C(=O)C(CC(=O)CC(Cc1ccccc1)C(N)=O)Cc1ccccc1)C(C)(C)C. The summed E-state index contributed by atoms with van der Waals surface area (Å²) < 4.78 is 0. The highest BCUT2D eigenvalue weighted by Crippen LogP contribution is 2.30. The van der Waals surface area contributed by atoms with Crippen molar-refractivity contribution in [1.82, 2.24) is 4.90 Å². The smallest absolute Gasteiger partial charge is 0.227 e. The molecule has 2 rings (SSSR count). The second kappa shape index (κ2) is 11.5. The van der Waals surface area contributed by atoms with Crippen LogP contribution in [0.15, 0.2) is 60.7 Å². The molecule has 5 nitrogen and oxygen atoms in total. The number of carbonyl (C=O) groups excluding carboxylic acids is 3. The Kier molecular flexibility index (Phi) is 9.20. The third-order valence-corrected chi connectivity index (χ3v) is 5.91. The number of hydrogen-bond donors (Lipinski definition) is 1. The van der Waals surface area contributed by atoms with Crippen molar-refractivity contribution in [3.05, 3.63) is 71.8 Å². The van der Waals surface area contributed by atoms with Crippen LogP contribution in [0.25, 0.3) is 0 Å². The van der Waals surface area contributed by atoms with Crippen LogP contribution in [0.2, 0.25) is 0 Å². The molecule has 0 saturated heterocycles. The van der Waals surface area contributed by atoms with Gasteiger partial charge in [-0.25, -0.2) is 0 Å². The van der Waals surface area contributed by atoms with Crippen LogP contribution >= 0.6 is 0 Å². The van der Waals surface area contributed by atoms with Gasteiger partial charge in [0, 0.05) is 35.8 Å². The Bertz CT molecular complexity index is 942.